The largest absolute Gasteiger partial charge is 0.392 e. The van der Waals surface area contributed by atoms with Gasteiger partial charge in [0.1, 0.15) is 0 Å². The van der Waals surface area contributed by atoms with Crippen molar-refractivity contribution in [2.45, 2.75) is 18.4 Å². The lowest BCUT2D eigenvalue weighted by Crippen LogP contribution is -2.20. The summed E-state index contributed by atoms with van der Waals surface area (Å²) in [5, 5.41) is 8.97. The normalized spacial score (nSPS) is 11.6. The van der Waals surface area contributed by atoms with Crippen LogP contribution in [-0.2, 0) is 16.6 Å². The molecular weight excluding hydrogens is 202 g/mol. The molecule has 0 aromatic heterocycles. The van der Waals surface area contributed by atoms with Crippen molar-refractivity contribution >= 4 is 10.0 Å². The van der Waals surface area contributed by atoms with E-state index in [0.717, 1.165) is 0 Å². The fraction of sp³-hybridized carbons (Fsp3) is 0.333. The number of nitrogens with one attached hydrogen (secondary N) is 1. The van der Waals surface area contributed by atoms with E-state index in [4.69, 9.17) is 5.11 Å². The zero-order valence-electron chi connectivity index (χ0n) is 8.11. The minimum atomic E-state index is -3.42. The van der Waals surface area contributed by atoms with Crippen LogP contribution in [0.3, 0.4) is 0 Å². The van der Waals surface area contributed by atoms with Crippen molar-refractivity contribution in [2.75, 3.05) is 7.05 Å². The van der Waals surface area contributed by atoms with Crippen LogP contribution in [0.15, 0.2) is 23.1 Å². The number of aliphatic hydroxyl groups excluding tert-OH is 1. The summed E-state index contributed by atoms with van der Waals surface area (Å²) in [6.45, 7) is 1.52. The number of hydrogen-bond donors (Lipinski definition) is 2. The zero-order chi connectivity index (χ0) is 10.8. The van der Waals surface area contributed by atoms with Gasteiger partial charge in [-0.3, -0.25) is 0 Å². The lowest BCUT2D eigenvalue weighted by molar-refractivity contribution is 0.280. The molecule has 2 N–H and O–H groups in total. The predicted molar refractivity (Wildman–Crippen MR) is 53.3 cm³/mol. The maximum absolute atomic E-state index is 11.5. The van der Waals surface area contributed by atoms with E-state index in [1.165, 1.54) is 13.1 Å². The van der Waals surface area contributed by atoms with Crippen LogP contribution in [0.4, 0.5) is 0 Å². The van der Waals surface area contributed by atoms with Gasteiger partial charge in [-0.15, -0.1) is 0 Å². The fourth-order valence-corrected chi connectivity index (χ4v) is 2.24. The van der Waals surface area contributed by atoms with Crippen LogP contribution in [0.25, 0.3) is 0 Å². The van der Waals surface area contributed by atoms with E-state index in [0.29, 0.717) is 11.1 Å². The Kier molecular flexibility index (Phi) is 3.25. The third kappa shape index (κ3) is 1.95. The van der Waals surface area contributed by atoms with Crippen LogP contribution < -0.4 is 4.72 Å². The van der Waals surface area contributed by atoms with Gasteiger partial charge in [0.25, 0.3) is 0 Å². The average Bonchev–Trinajstić information content (AvgIpc) is 2.18. The van der Waals surface area contributed by atoms with Gasteiger partial charge in [-0.1, -0.05) is 12.1 Å². The van der Waals surface area contributed by atoms with Gasteiger partial charge in [0.05, 0.1) is 11.5 Å². The van der Waals surface area contributed by atoms with E-state index in [2.05, 4.69) is 4.72 Å². The molecular formula is C9H13NO3S. The molecule has 1 aromatic carbocycles. The summed E-state index contributed by atoms with van der Waals surface area (Å²) in [4.78, 5) is 0.214. The highest BCUT2D eigenvalue weighted by Gasteiger charge is 2.15. The molecule has 1 aromatic rings. The smallest absolute Gasteiger partial charge is 0.240 e. The first-order chi connectivity index (χ1) is 6.53. The van der Waals surface area contributed by atoms with Crippen LogP contribution in [0.1, 0.15) is 11.1 Å². The van der Waals surface area contributed by atoms with E-state index in [-0.39, 0.29) is 11.5 Å². The Morgan fingerprint density at radius 1 is 1.43 bits per heavy atom. The predicted octanol–water partition coefficient (Wildman–Crippen LogP) is 0.395. The summed E-state index contributed by atoms with van der Waals surface area (Å²) >= 11 is 0. The molecule has 14 heavy (non-hydrogen) atoms. The van der Waals surface area contributed by atoms with Crippen molar-refractivity contribution in [1.82, 2.24) is 4.72 Å². The minimum absolute atomic E-state index is 0.154. The molecule has 4 nitrogen and oxygen atoms in total. The molecule has 0 saturated heterocycles. The topological polar surface area (TPSA) is 66.4 Å². The Morgan fingerprint density at radius 2 is 2.07 bits per heavy atom. The number of aliphatic hydroxyl groups is 1. The second-order valence-corrected chi connectivity index (χ2v) is 4.76. The molecule has 0 bridgehead atoms. The maximum Gasteiger partial charge on any atom is 0.240 e. The molecule has 0 heterocycles. The monoisotopic (exact) mass is 215 g/mol. The van der Waals surface area contributed by atoms with E-state index in [1.807, 2.05) is 0 Å². The second-order valence-electron chi connectivity index (χ2n) is 2.91. The summed E-state index contributed by atoms with van der Waals surface area (Å²) in [6, 6.07) is 4.83. The average molecular weight is 215 g/mol. The highest BCUT2D eigenvalue weighted by atomic mass is 32.2. The van der Waals surface area contributed by atoms with Crippen molar-refractivity contribution in [2.24, 2.45) is 0 Å². The van der Waals surface area contributed by atoms with Gasteiger partial charge in [-0.2, -0.15) is 0 Å². The Labute approximate surface area is 83.6 Å². The Hall–Kier alpha value is -0.910. The molecule has 0 aliphatic carbocycles. The molecule has 78 valence electrons. The van der Waals surface area contributed by atoms with Crippen LogP contribution in [0.2, 0.25) is 0 Å². The molecule has 0 aliphatic heterocycles. The number of hydrogen-bond acceptors (Lipinski definition) is 3. The molecule has 5 heteroatoms. The molecule has 0 unspecified atom stereocenters. The Bertz CT molecular complexity index is 426. The standard InChI is InChI=1S/C9H13NO3S/c1-7-8(6-11)4-3-5-9(7)14(12,13)10-2/h3-5,10-11H,6H2,1-2H3. The molecule has 0 amide bonds. The molecule has 0 atom stereocenters. The van der Waals surface area contributed by atoms with E-state index in [9.17, 15) is 8.42 Å². The summed E-state index contributed by atoms with van der Waals surface area (Å²) < 4.78 is 25.2. The van der Waals surface area contributed by atoms with Gasteiger partial charge in [-0.05, 0) is 31.2 Å². The van der Waals surface area contributed by atoms with E-state index in [1.54, 1.807) is 19.1 Å². The first-order valence-corrected chi connectivity index (χ1v) is 5.64. The molecule has 0 saturated carbocycles. The highest BCUT2D eigenvalue weighted by Crippen LogP contribution is 2.18. The maximum atomic E-state index is 11.5. The van der Waals surface area contributed by atoms with E-state index < -0.39 is 10.0 Å². The van der Waals surface area contributed by atoms with Gasteiger partial charge < -0.3 is 5.11 Å². The van der Waals surface area contributed by atoms with Crippen molar-refractivity contribution < 1.29 is 13.5 Å². The summed E-state index contributed by atoms with van der Waals surface area (Å²) in [6.07, 6.45) is 0. The number of rotatable bonds is 3. The molecule has 1 rings (SSSR count). The van der Waals surface area contributed by atoms with Gasteiger partial charge in [-0.25, -0.2) is 13.1 Å². The van der Waals surface area contributed by atoms with E-state index >= 15 is 0 Å². The summed E-state index contributed by atoms with van der Waals surface area (Å²) in [7, 11) is -2.06. The van der Waals surface area contributed by atoms with Crippen molar-refractivity contribution in [3.05, 3.63) is 29.3 Å². The fourth-order valence-electron chi connectivity index (χ4n) is 1.23. The quantitative estimate of drug-likeness (QED) is 0.766. The Balaban J connectivity index is 3.37. The molecule has 0 radical (unpaired) electrons. The molecule has 0 spiro atoms. The van der Waals surface area contributed by atoms with Crippen molar-refractivity contribution in [1.29, 1.82) is 0 Å². The van der Waals surface area contributed by atoms with Gasteiger partial charge in [0.15, 0.2) is 0 Å². The zero-order valence-corrected chi connectivity index (χ0v) is 8.93. The lowest BCUT2D eigenvalue weighted by Gasteiger charge is -2.09. The number of benzene rings is 1. The lowest BCUT2D eigenvalue weighted by atomic mass is 10.1. The van der Waals surface area contributed by atoms with Gasteiger partial charge in [0.2, 0.25) is 10.0 Å². The molecule has 0 fully saturated rings. The third-order valence-corrected chi connectivity index (χ3v) is 3.68. The van der Waals surface area contributed by atoms with Crippen LogP contribution in [0.5, 0.6) is 0 Å². The van der Waals surface area contributed by atoms with Crippen molar-refractivity contribution in [3.8, 4) is 0 Å². The first kappa shape index (κ1) is 11.2. The SMILES string of the molecule is CNS(=O)(=O)c1cccc(CO)c1C. The molecule has 0 aliphatic rings. The van der Waals surface area contributed by atoms with Crippen LogP contribution >= 0.6 is 0 Å². The van der Waals surface area contributed by atoms with Gasteiger partial charge in [0, 0.05) is 0 Å². The highest BCUT2D eigenvalue weighted by molar-refractivity contribution is 7.89. The minimum Gasteiger partial charge on any atom is -0.392 e. The Morgan fingerprint density at radius 3 is 2.57 bits per heavy atom. The van der Waals surface area contributed by atoms with Crippen LogP contribution in [-0.4, -0.2) is 20.6 Å². The van der Waals surface area contributed by atoms with Gasteiger partial charge >= 0.3 is 0 Å². The second kappa shape index (κ2) is 4.08. The van der Waals surface area contributed by atoms with Crippen molar-refractivity contribution in [3.63, 3.8) is 0 Å². The third-order valence-electron chi connectivity index (χ3n) is 2.12. The van der Waals surface area contributed by atoms with Crippen LogP contribution in [0, 0.1) is 6.92 Å². The summed E-state index contributed by atoms with van der Waals surface area (Å²) in [5.74, 6) is 0. The number of sulfonamides is 1. The summed E-state index contributed by atoms with van der Waals surface area (Å²) in [5.41, 5.74) is 1.21. The first-order valence-electron chi connectivity index (χ1n) is 4.16.